The van der Waals surface area contributed by atoms with E-state index in [-0.39, 0.29) is 0 Å². The van der Waals surface area contributed by atoms with Crippen molar-refractivity contribution in [3.63, 3.8) is 0 Å². The first kappa shape index (κ1) is 35.1. The Balaban J connectivity index is 0. The van der Waals surface area contributed by atoms with Crippen LogP contribution in [-0.4, -0.2) is 39.5 Å². The molecule has 0 amide bonds. The Morgan fingerprint density at radius 1 is 0.697 bits per heavy atom. The molecule has 0 aliphatic rings. The van der Waals surface area contributed by atoms with Crippen molar-refractivity contribution in [2.24, 2.45) is 5.92 Å². The van der Waals surface area contributed by atoms with Crippen molar-refractivity contribution in [3.05, 3.63) is 12.7 Å². The van der Waals surface area contributed by atoms with Gasteiger partial charge in [-0.3, -0.25) is 0 Å². The summed E-state index contributed by atoms with van der Waals surface area (Å²) in [5.74, 6) is 0.822. The van der Waals surface area contributed by atoms with Crippen LogP contribution in [0.2, 0.25) is 0 Å². The van der Waals surface area contributed by atoms with E-state index < -0.39 is 5.79 Å². The molecule has 0 bridgehead atoms. The van der Waals surface area contributed by atoms with Gasteiger partial charge in [0.2, 0.25) is 0 Å². The number of hydrogen-bond acceptors (Lipinski definition) is 4. The van der Waals surface area contributed by atoms with E-state index in [1.54, 1.807) is 13.2 Å². The van der Waals surface area contributed by atoms with E-state index in [4.69, 9.17) is 14.2 Å². The lowest BCUT2D eigenvalue weighted by atomic mass is 9.84. The van der Waals surface area contributed by atoms with E-state index in [1.165, 1.54) is 96.3 Å². The summed E-state index contributed by atoms with van der Waals surface area (Å²) in [5.41, 5.74) is 0. The number of hydrogen-bond donors (Lipinski definition) is 1. The van der Waals surface area contributed by atoms with Gasteiger partial charge in [-0.05, 0) is 25.7 Å². The summed E-state index contributed by atoms with van der Waals surface area (Å²) >= 11 is 3.80. The fraction of sp³-hybridized carbons (Fsp3) is 0.931. The Hall–Kier alpha value is -0.0300. The predicted molar refractivity (Wildman–Crippen MR) is 151 cm³/mol. The highest BCUT2D eigenvalue weighted by Gasteiger charge is 2.37. The molecule has 0 radical (unpaired) electrons. The van der Waals surface area contributed by atoms with Crippen molar-refractivity contribution in [3.8, 4) is 0 Å². The molecule has 0 aromatic heterocycles. The third-order valence-corrected chi connectivity index (χ3v) is 6.89. The van der Waals surface area contributed by atoms with Gasteiger partial charge < -0.3 is 14.2 Å². The fourth-order valence-corrected chi connectivity index (χ4v) is 4.56. The van der Waals surface area contributed by atoms with E-state index in [0.29, 0.717) is 5.92 Å². The summed E-state index contributed by atoms with van der Waals surface area (Å²) in [5, 5.41) is 0. The van der Waals surface area contributed by atoms with Crippen molar-refractivity contribution in [1.82, 2.24) is 0 Å². The van der Waals surface area contributed by atoms with Gasteiger partial charge in [0.25, 0.3) is 0 Å². The zero-order chi connectivity index (χ0) is 25.0. The summed E-state index contributed by atoms with van der Waals surface area (Å²) in [7, 11) is 5.49. The zero-order valence-corrected chi connectivity index (χ0v) is 24.1. The molecule has 0 N–H and O–H groups in total. The molecule has 0 aromatic carbocycles. The van der Waals surface area contributed by atoms with E-state index in [1.807, 2.05) is 14.2 Å². The SMILES string of the molecule is C=CCS.CCCCCCCCCCC(OC)(OC)C(CCCCCCCC)CCCOC. The van der Waals surface area contributed by atoms with Crippen molar-refractivity contribution < 1.29 is 14.2 Å². The first-order valence-corrected chi connectivity index (χ1v) is 14.6. The molecule has 200 valence electrons. The third-order valence-electron chi connectivity index (χ3n) is 6.63. The number of methoxy groups -OCH3 is 3. The maximum atomic E-state index is 6.07. The zero-order valence-electron chi connectivity index (χ0n) is 23.2. The van der Waals surface area contributed by atoms with E-state index >= 15 is 0 Å². The van der Waals surface area contributed by atoms with Gasteiger partial charge >= 0.3 is 0 Å². The van der Waals surface area contributed by atoms with Crippen LogP contribution in [0, 0.1) is 5.92 Å². The van der Waals surface area contributed by atoms with Crippen LogP contribution in [0.15, 0.2) is 12.7 Å². The lowest BCUT2D eigenvalue weighted by molar-refractivity contribution is -0.247. The van der Waals surface area contributed by atoms with Crippen molar-refractivity contribution >= 4 is 12.6 Å². The minimum atomic E-state index is -0.417. The second-order valence-corrected chi connectivity index (χ2v) is 9.67. The highest BCUT2D eigenvalue weighted by Crippen LogP contribution is 2.36. The normalized spacial score (nSPS) is 12.3. The molecule has 0 aliphatic carbocycles. The molecule has 0 saturated heterocycles. The molecule has 33 heavy (non-hydrogen) atoms. The monoisotopic (exact) mass is 488 g/mol. The molecule has 0 heterocycles. The van der Waals surface area contributed by atoms with Gasteiger partial charge in [-0.2, -0.15) is 12.6 Å². The minimum Gasteiger partial charge on any atom is -0.385 e. The highest BCUT2D eigenvalue weighted by molar-refractivity contribution is 7.80. The van der Waals surface area contributed by atoms with Crippen LogP contribution in [0.25, 0.3) is 0 Å². The summed E-state index contributed by atoms with van der Waals surface area (Å²) in [6, 6.07) is 0. The maximum Gasteiger partial charge on any atom is 0.170 e. The smallest absolute Gasteiger partial charge is 0.170 e. The van der Waals surface area contributed by atoms with Crippen LogP contribution >= 0.6 is 12.6 Å². The Kier molecular flexibility index (Phi) is 30.0. The number of unbranched alkanes of at least 4 members (excludes halogenated alkanes) is 12. The Morgan fingerprint density at radius 2 is 1.12 bits per heavy atom. The van der Waals surface area contributed by atoms with Gasteiger partial charge in [0.05, 0.1) is 0 Å². The molecule has 0 aromatic rings. The standard InChI is InChI=1S/C26H54O3.C3H6S/c1-6-8-10-12-14-15-17-19-23-26(28-4,29-5)25(22-20-24-27-3)21-18-16-13-11-9-7-2;1-2-3-4/h25H,6-24H2,1-5H3;2,4H,1,3H2. The molecular weight excluding hydrogens is 428 g/mol. The largest absolute Gasteiger partial charge is 0.385 e. The average molecular weight is 489 g/mol. The predicted octanol–water partition coefficient (Wildman–Crippen LogP) is 9.40. The summed E-state index contributed by atoms with van der Waals surface area (Å²) in [6.07, 6.45) is 24.9. The lowest BCUT2D eigenvalue weighted by Crippen LogP contribution is -2.42. The number of thiol groups is 1. The van der Waals surface area contributed by atoms with Gasteiger partial charge in [-0.15, -0.1) is 6.58 Å². The maximum absolute atomic E-state index is 6.07. The number of rotatable bonds is 24. The quantitative estimate of drug-likeness (QED) is 0.0634. The van der Waals surface area contributed by atoms with E-state index in [0.717, 1.165) is 31.6 Å². The van der Waals surface area contributed by atoms with E-state index in [2.05, 4.69) is 33.1 Å². The summed E-state index contributed by atoms with van der Waals surface area (Å²) in [6.45, 7) is 8.79. The first-order valence-electron chi connectivity index (χ1n) is 13.9. The van der Waals surface area contributed by atoms with Crippen LogP contribution in [-0.2, 0) is 14.2 Å². The Labute approximate surface area is 214 Å². The molecule has 0 fully saturated rings. The van der Waals surface area contributed by atoms with E-state index in [9.17, 15) is 0 Å². The van der Waals surface area contributed by atoms with Crippen LogP contribution in [0.1, 0.15) is 129 Å². The van der Waals surface area contributed by atoms with Crippen LogP contribution < -0.4 is 0 Å². The minimum absolute atomic E-state index is 0.417. The summed E-state index contributed by atoms with van der Waals surface area (Å²) < 4.78 is 17.5. The third kappa shape index (κ3) is 21.0. The molecule has 0 spiro atoms. The van der Waals surface area contributed by atoms with Crippen LogP contribution in [0.3, 0.4) is 0 Å². The Morgan fingerprint density at radius 3 is 1.55 bits per heavy atom. The van der Waals surface area contributed by atoms with Crippen molar-refractivity contribution in [2.45, 2.75) is 135 Å². The molecule has 4 heteroatoms. The number of ether oxygens (including phenoxy) is 3. The second-order valence-electron chi connectivity index (χ2n) is 9.30. The first-order chi connectivity index (χ1) is 16.1. The molecule has 0 aliphatic heterocycles. The second kappa shape index (κ2) is 28.2. The molecule has 3 nitrogen and oxygen atoms in total. The Bertz CT molecular complexity index is 372. The van der Waals surface area contributed by atoms with Gasteiger partial charge in [0.15, 0.2) is 5.79 Å². The van der Waals surface area contributed by atoms with Gasteiger partial charge in [0, 0.05) is 46.0 Å². The topological polar surface area (TPSA) is 27.7 Å². The molecule has 0 saturated carbocycles. The van der Waals surface area contributed by atoms with Gasteiger partial charge in [0.1, 0.15) is 0 Å². The van der Waals surface area contributed by atoms with Crippen LogP contribution in [0.4, 0.5) is 0 Å². The van der Waals surface area contributed by atoms with Gasteiger partial charge in [-0.25, -0.2) is 0 Å². The van der Waals surface area contributed by atoms with Crippen molar-refractivity contribution in [1.29, 1.82) is 0 Å². The highest BCUT2D eigenvalue weighted by atomic mass is 32.1. The lowest BCUT2D eigenvalue weighted by Gasteiger charge is -2.39. The fourth-order valence-electron chi connectivity index (χ4n) is 4.56. The molecule has 1 atom stereocenters. The average Bonchev–Trinajstić information content (AvgIpc) is 2.85. The summed E-state index contributed by atoms with van der Waals surface area (Å²) in [4.78, 5) is 0. The van der Waals surface area contributed by atoms with Crippen LogP contribution in [0.5, 0.6) is 0 Å². The van der Waals surface area contributed by atoms with Gasteiger partial charge in [-0.1, -0.05) is 103 Å². The molecule has 0 rings (SSSR count). The molecule has 1 unspecified atom stereocenters. The molecular formula is C29H60O3S. The van der Waals surface area contributed by atoms with Crippen molar-refractivity contribution in [2.75, 3.05) is 33.7 Å².